The summed E-state index contributed by atoms with van der Waals surface area (Å²) in [4.78, 5) is 20.3. The van der Waals surface area contributed by atoms with E-state index in [0.29, 0.717) is 19.5 Å². The van der Waals surface area contributed by atoms with E-state index in [-0.39, 0.29) is 5.91 Å². The van der Waals surface area contributed by atoms with E-state index in [2.05, 4.69) is 15.4 Å². The molecule has 2 aliphatic heterocycles. The number of carbonyl (C=O) groups is 1. The molecule has 0 fully saturated rings. The van der Waals surface area contributed by atoms with Crippen LogP contribution in [0.1, 0.15) is 31.5 Å². The number of nitrogens with one attached hydrogen (secondary N) is 1. The molecule has 2 aliphatic rings. The topological polar surface area (TPSA) is 79.8 Å². The Balaban J connectivity index is 1.61. The summed E-state index contributed by atoms with van der Waals surface area (Å²) < 4.78 is 5.32. The van der Waals surface area contributed by atoms with Gasteiger partial charge in [-0.05, 0) is 26.0 Å². The maximum absolute atomic E-state index is 13.0. The van der Waals surface area contributed by atoms with Crippen molar-refractivity contribution >= 4 is 11.6 Å². The van der Waals surface area contributed by atoms with Gasteiger partial charge in [-0.25, -0.2) is 0 Å². The molecule has 7 nitrogen and oxygen atoms in total. The van der Waals surface area contributed by atoms with Crippen LogP contribution in [0, 0.1) is 0 Å². The summed E-state index contributed by atoms with van der Waals surface area (Å²) in [6.07, 6.45) is 1.28. The van der Waals surface area contributed by atoms with Crippen molar-refractivity contribution in [3.05, 3.63) is 35.5 Å². The lowest BCUT2D eigenvalue weighted by Gasteiger charge is -2.32. The molecule has 7 heteroatoms. The highest BCUT2D eigenvalue weighted by Gasteiger charge is 2.44. The summed E-state index contributed by atoms with van der Waals surface area (Å²) in [7, 11) is 1.64. The van der Waals surface area contributed by atoms with Gasteiger partial charge in [0.25, 0.3) is 5.91 Å². The molecule has 1 unspecified atom stereocenters. The fourth-order valence-electron chi connectivity index (χ4n) is 3.66. The molecule has 26 heavy (non-hydrogen) atoms. The van der Waals surface area contributed by atoms with Crippen LogP contribution in [-0.4, -0.2) is 46.0 Å². The molecule has 0 radical (unpaired) electrons. The van der Waals surface area contributed by atoms with E-state index >= 15 is 0 Å². The van der Waals surface area contributed by atoms with Crippen molar-refractivity contribution < 1.29 is 14.4 Å². The summed E-state index contributed by atoms with van der Waals surface area (Å²) >= 11 is 0. The van der Waals surface area contributed by atoms with Crippen LogP contribution >= 0.6 is 0 Å². The van der Waals surface area contributed by atoms with E-state index in [0.717, 1.165) is 40.4 Å². The minimum Gasteiger partial charge on any atom is -0.497 e. The van der Waals surface area contributed by atoms with E-state index < -0.39 is 5.60 Å². The second kappa shape index (κ2) is 6.16. The minimum absolute atomic E-state index is 0.0263. The Bertz CT molecular complexity index is 889. The third-order valence-electron chi connectivity index (χ3n) is 5.01. The van der Waals surface area contributed by atoms with Gasteiger partial charge in [-0.2, -0.15) is 5.10 Å². The predicted octanol–water partition coefficient (Wildman–Crippen LogP) is 2.52. The summed E-state index contributed by atoms with van der Waals surface area (Å²) in [5.74, 6) is 0.754. The van der Waals surface area contributed by atoms with E-state index in [9.17, 15) is 4.79 Å². The minimum atomic E-state index is -0.901. The molecule has 0 aliphatic carbocycles. The van der Waals surface area contributed by atoms with Gasteiger partial charge < -0.3 is 14.5 Å². The fourth-order valence-corrected chi connectivity index (χ4v) is 3.66. The molecular formula is C19H22N4O3. The highest BCUT2D eigenvalue weighted by Crippen LogP contribution is 2.33. The Morgan fingerprint density at radius 1 is 1.42 bits per heavy atom. The van der Waals surface area contributed by atoms with E-state index in [1.165, 1.54) is 0 Å². The molecule has 0 spiro atoms. The Morgan fingerprint density at radius 2 is 2.27 bits per heavy atom. The number of hydrogen-bond acceptors (Lipinski definition) is 5. The van der Waals surface area contributed by atoms with Gasteiger partial charge in [0.1, 0.15) is 5.75 Å². The fraction of sp³-hybridized carbons (Fsp3) is 0.421. The average molecular weight is 354 g/mol. The first kappa shape index (κ1) is 16.6. The van der Waals surface area contributed by atoms with Crippen molar-refractivity contribution in [3.8, 4) is 17.0 Å². The van der Waals surface area contributed by atoms with Crippen LogP contribution in [0.25, 0.3) is 11.3 Å². The first-order chi connectivity index (χ1) is 12.5. The summed E-state index contributed by atoms with van der Waals surface area (Å²) in [5, 5.41) is 11.6. The normalized spacial score (nSPS) is 21.8. The van der Waals surface area contributed by atoms with Crippen LogP contribution in [0.5, 0.6) is 5.75 Å². The molecule has 1 N–H and O–H groups in total. The third-order valence-corrected chi connectivity index (χ3v) is 5.01. The van der Waals surface area contributed by atoms with Gasteiger partial charge in [0, 0.05) is 42.8 Å². The average Bonchev–Trinajstić information content (AvgIpc) is 3.24. The van der Waals surface area contributed by atoms with Gasteiger partial charge >= 0.3 is 0 Å². The SMILES string of the molecule is COc1cccc(-c2n[nH]c3c2CN(C(=O)C2(C)CC(C)=NO2)CC3)c1. The first-order valence-corrected chi connectivity index (χ1v) is 8.72. The van der Waals surface area contributed by atoms with Crippen LogP contribution in [0.3, 0.4) is 0 Å². The number of aromatic nitrogens is 2. The molecular weight excluding hydrogens is 332 g/mol. The number of H-pyrrole nitrogens is 1. The molecule has 2 aromatic rings. The van der Waals surface area contributed by atoms with E-state index in [4.69, 9.17) is 9.57 Å². The number of methoxy groups -OCH3 is 1. The third kappa shape index (κ3) is 2.73. The molecule has 136 valence electrons. The van der Waals surface area contributed by atoms with Crippen molar-refractivity contribution in [2.24, 2.45) is 5.16 Å². The summed E-state index contributed by atoms with van der Waals surface area (Å²) in [6.45, 7) is 4.84. The summed E-state index contributed by atoms with van der Waals surface area (Å²) in [5.41, 5.74) is 3.91. The number of carbonyl (C=O) groups excluding carboxylic acids is 1. The van der Waals surface area contributed by atoms with E-state index in [1.807, 2.05) is 43.0 Å². The van der Waals surface area contributed by atoms with E-state index in [1.54, 1.807) is 7.11 Å². The maximum atomic E-state index is 13.0. The number of ether oxygens (including phenoxy) is 1. The lowest BCUT2D eigenvalue weighted by molar-refractivity contribution is -0.154. The second-order valence-electron chi connectivity index (χ2n) is 7.06. The molecule has 1 aromatic heterocycles. The number of hydrogen-bond donors (Lipinski definition) is 1. The van der Waals surface area contributed by atoms with Gasteiger partial charge in [-0.3, -0.25) is 9.89 Å². The van der Waals surface area contributed by atoms with Crippen molar-refractivity contribution in [2.45, 2.75) is 38.8 Å². The molecule has 4 rings (SSSR count). The Labute approximate surface area is 152 Å². The van der Waals surface area contributed by atoms with Crippen molar-refractivity contribution in [1.82, 2.24) is 15.1 Å². The number of nitrogens with zero attached hydrogens (tertiary/aromatic N) is 3. The number of benzene rings is 1. The second-order valence-corrected chi connectivity index (χ2v) is 7.06. The molecule has 0 saturated carbocycles. The molecule has 1 amide bonds. The first-order valence-electron chi connectivity index (χ1n) is 8.72. The number of rotatable bonds is 3. The van der Waals surface area contributed by atoms with Gasteiger partial charge in [0.15, 0.2) is 0 Å². The zero-order chi connectivity index (χ0) is 18.3. The van der Waals surface area contributed by atoms with Crippen molar-refractivity contribution in [2.75, 3.05) is 13.7 Å². The highest BCUT2D eigenvalue weighted by molar-refractivity contribution is 5.94. The van der Waals surface area contributed by atoms with Gasteiger partial charge in [0.2, 0.25) is 5.60 Å². The van der Waals surface area contributed by atoms with Gasteiger partial charge in [-0.15, -0.1) is 0 Å². The smallest absolute Gasteiger partial charge is 0.270 e. The standard InChI is InChI=1S/C19H22N4O3/c1-12-10-19(2,26-22-12)18(24)23-8-7-16-15(11-23)17(21-20-16)13-5-4-6-14(9-13)25-3/h4-6,9H,7-8,10-11H2,1-3H3,(H,20,21). The molecule has 3 heterocycles. The number of aromatic amines is 1. The van der Waals surface area contributed by atoms with Gasteiger partial charge in [0.05, 0.1) is 18.5 Å². The van der Waals surface area contributed by atoms with Crippen LogP contribution < -0.4 is 4.74 Å². The van der Waals surface area contributed by atoms with Crippen LogP contribution in [0.15, 0.2) is 29.4 Å². The monoisotopic (exact) mass is 354 g/mol. The largest absolute Gasteiger partial charge is 0.497 e. The quantitative estimate of drug-likeness (QED) is 0.918. The summed E-state index contributed by atoms with van der Waals surface area (Å²) in [6, 6.07) is 7.79. The number of oxime groups is 1. The number of fused-ring (bicyclic) bond motifs is 1. The number of amides is 1. The van der Waals surface area contributed by atoms with Crippen LogP contribution in [-0.2, 0) is 22.6 Å². The molecule has 1 atom stereocenters. The van der Waals surface area contributed by atoms with Gasteiger partial charge in [-0.1, -0.05) is 17.3 Å². The lowest BCUT2D eigenvalue weighted by Crippen LogP contribution is -2.48. The highest BCUT2D eigenvalue weighted by atomic mass is 16.7. The zero-order valence-corrected chi connectivity index (χ0v) is 15.2. The van der Waals surface area contributed by atoms with Crippen molar-refractivity contribution in [3.63, 3.8) is 0 Å². The molecule has 0 bridgehead atoms. The van der Waals surface area contributed by atoms with Crippen LogP contribution in [0.4, 0.5) is 0 Å². The predicted molar refractivity (Wildman–Crippen MR) is 96.9 cm³/mol. The molecule has 0 saturated heterocycles. The lowest BCUT2D eigenvalue weighted by atomic mass is 9.95. The van der Waals surface area contributed by atoms with Crippen LogP contribution in [0.2, 0.25) is 0 Å². The Kier molecular flexibility index (Phi) is 3.94. The Hall–Kier alpha value is -2.83. The van der Waals surface area contributed by atoms with Crippen molar-refractivity contribution in [1.29, 1.82) is 0 Å². The zero-order valence-electron chi connectivity index (χ0n) is 15.2. The maximum Gasteiger partial charge on any atom is 0.270 e. The Morgan fingerprint density at radius 3 is 3.00 bits per heavy atom. The molecule has 1 aromatic carbocycles.